The highest BCUT2D eigenvalue weighted by atomic mass is 32.1. The molecular formula is C66H103N13O12S. The van der Waals surface area contributed by atoms with E-state index in [1.54, 1.807) is 76.6 Å². The lowest BCUT2D eigenvalue weighted by Gasteiger charge is -2.41. The smallest absolute Gasteiger partial charge is 0.411 e. The van der Waals surface area contributed by atoms with E-state index in [9.17, 15) is 38.4 Å². The number of methoxy groups -OCH3 is 2. The fraction of sp³-hybridized carbons (Fsp3) is 0.636. The van der Waals surface area contributed by atoms with Gasteiger partial charge in [-0.1, -0.05) is 111 Å². The molecule has 0 saturated carbocycles. The molecule has 510 valence electrons. The van der Waals surface area contributed by atoms with Crippen molar-refractivity contribution in [1.82, 2.24) is 50.8 Å². The van der Waals surface area contributed by atoms with Crippen LogP contribution in [0.15, 0.2) is 66.2 Å². The predicted octanol–water partition coefficient (Wildman–Crippen LogP) is 5.07. The lowest BCUT2D eigenvalue weighted by atomic mass is 9.89. The molecular weight excluding hydrogens is 1200 g/mol. The third kappa shape index (κ3) is 20.9. The van der Waals surface area contributed by atoms with Gasteiger partial charge in [0.1, 0.15) is 23.1 Å². The minimum atomic E-state index is -1.49. The van der Waals surface area contributed by atoms with E-state index < -0.39 is 114 Å². The minimum Gasteiger partial charge on any atom is -0.431 e. The van der Waals surface area contributed by atoms with Crippen molar-refractivity contribution in [3.8, 4) is 0 Å². The largest absolute Gasteiger partial charge is 0.431 e. The number of hydrogen-bond acceptors (Lipinski definition) is 16. The Morgan fingerprint density at radius 3 is 2.00 bits per heavy atom. The molecule has 0 bridgehead atoms. The fourth-order valence-electron chi connectivity index (χ4n) is 12.0. The standard InChI is InChI=1S/C66H103N13O12S/c1-15-42(8)55(50(89-13)38-51(80)79-31-20-24-49(79)56(90-14)43(9)58(81)73-48(62-69-30-36-92-62)37-44-21-17-16-18-22-44)76(11)63(85)53(40(4)5)74-61(84)54(41(6)7)77(12)66(88)91-57(64(86)78-34-32-75(10)33-35-78)45-25-27-46(28-26-45)71-59(82)47(23-19-29-70-65(68)87)72-60(83)52(67)39(2)3/h16-18,21-22,25-28,30,36,39-43,47-50,52-57H,15,19-20,23-24,29,31-35,37-38,67H2,1-14H3,(H,71,82)(H,72,83)(H,73,81)(H,74,84)(H3,68,70,87)/t42-,43+,47?,48-,49-,50+,52-,53-,54-,55-,56+,57?/m0/s1. The number of nitrogens with two attached hydrogens (primary N) is 2. The van der Waals surface area contributed by atoms with Crippen LogP contribution >= 0.6 is 11.3 Å². The lowest BCUT2D eigenvalue weighted by Crippen LogP contribution is -2.60. The molecule has 12 atom stereocenters. The van der Waals surface area contributed by atoms with Gasteiger partial charge < -0.3 is 71.9 Å². The van der Waals surface area contributed by atoms with Crippen molar-refractivity contribution in [3.63, 3.8) is 0 Å². The van der Waals surface area contributed by atoms with Crippen molar-refractivity contribution in [3.05, 3.63) is 82.3 Å². The molecule has 2 aliphatic heterocycles. The maximum Gasteiger partial charge on any atom is 0.411 e. The summed E-state index contributed by atoms with van der Waals surface area (Å²) in [6.45, 7) is 18.9. The molecule has 0 spiro atoms. The van der Waals surface area contributed by atoms with E-state index in [1.165, 1.54) is 49.8 Å². The summed E-state index contributed by atoms with van der Waals surface area (Å²) in [4.78, 5) is 138. The third-order valence-electron chi connectivity index (χ3n) is 17.8. The molecule has 5 rings (SSSR count). The number of piperazine rings is 1. The van der Waals surface area contributed by atoms with E-state index in [0.29, 0.717) is 70.5 Å². The van der Waals surface area contributed by atoms with E-state index in [2.05, 4.69) is 36.5 Å². The second-order valence-electron chi connectivity index (χ2n) is 25.5. The highest BCUT2D eigenvalue weighted by Gasteiger charge is 2.45. The Balaban J connectivity index is 1.31. The number of urea groups is 1. The van der Waals surface area contributed by atoms with Crippen LogP contribution in [0.3, 0.4) is 0 Å². The number of hydrogen-bond donors (Lipinski definition) is 7. The Bertz CT molecular complexity index is 2880. The molecule has 2 fully saturated rings. The Kier molecular flexibility index (Phi) is 29.7. The van der Waals surface area contributed by atoms with Crippen LogP contribution in [0.25, 0.3) is 0 Å². The number of rotatable bonds is 33. The van der Waals surface area contributed by atoms with Gasteiger partial charge in [-0.25, -0.2) is 14.6 Å². The first-order valence-electron chi connectivity index (χ1n) is 32.2. The molecule has 0 aliphatic carbocycles. The Hall–Kier alpha value is -7.26. The predicted molar refractivity (Wildman–Crippen MR) is 352 cm³/mol. The lowest BCUT2D eigenvalue weighted by molar-refractivity contribution is -0.148. The summed E-state index contributed by atoms with van der Waals surface area (Å²) >= 11 is 1.47. The molecule has 0 radical (unpaired) electrons. The van der Waals surface area contributed by atoms with Crippen LogP contribution < -0.4 is 38.1 Å². The molecule has 3 heterocycles. The summed E-state index contributed by atoms with van der Waals surface area (Å²) < 4.78 is 18.4. The van der Waals surface area contributed by atoms with Gasteiger partial charge in [-0.2, -0.15) is 0 Å². The average Bonchev–Trinajstić information content (AvgIpc) is 1.94. The van der Waals surface area contributed by atoms with Gasteiger partial charge in [0.2, 0.25) is 41.5 Å². The number of benzene rings is 2. The summed E-state index contributed by atoms with van der Waals surface area (Å²) in [5, 5.41) is 16.8. The number of anilines is 1. The zero-order valence-corrected chi connectivity index (χ0v) is 57.2. The zero-order chi connectivity index (χ0) is 68.1. The topological polar surface area (TPSA) is 323 Å². The maximum absolute atomic E-state index is 15.0. The van der Waals surface area contributed by atoms with Gasteiger partial charge in [-0.15, -0.1) is 11.3 Å². The first-order chi connectivity index (χ1) is 43.6. The van der Waals surface area contributed by atoms with Gasteiger partial charge in [-0.3, -0.25) is 38.5 Å². The van der Waals surface area contributed by atoms with Crippen molar-refractivity contribution < 1.29 is 57.4 Å². The monoisotopic (exact) mass is 1300 g/mol. The number of carbonyl (C=O) groups is 9. The number of amides is 10. The van der Waals surface area contributed by atoms with Crippen molar-refractivity contribution >= 4 is 70.5 Å². The number of ether oxygens (including phenoxy) is 3. The molecule has 92 heavy (non-hydrogen) atoms. The van der Waals surface area contributed by atoms with Gasteiger partial charge in [0.15, 0.2) is 0 Å². The summed E-state index contributed by atoms with van der Waals surface area (Å²) in [7, 11) is 8.05. The van der Waals surface area contributed by atoms with Gasteiger partial charge in [0, 0.05) is 90.4 Å². The van der Waals surface area contributed by atoms with E-state index in [4.69, 9.17) is 25.7 Å². The van der Waals surface area contributed by atoms with E-state index in [0.717, 1.165) is 15.5 Å². The van der Waals surface area contributed by atoms with Crippen LogP contribution in [0.5, 0.6) is 0 Å². The zero-order valence-electron chi connectivity index (χ0n) is 56.3. The van der Waals surface area contributed by atoms with Crippen LogP contribution in [0.2, 0.25) is 0 Å². The van der Waals surface area contributed by atoms with Crippen LogP contribution in [0, 0.1) is 29.6 Å². The number of aromatic nitrogens is 1. The van der Waals surface area contributed by atoms with Gasteiger partial charge in [-0.05, 0) is 80.5 Å². The summed E-state index contributed by atoms with van der Waals surface area (Å²) in [6.07, 6.45) is 0.633. The summed E-state index contributed by atoms with van der Waals surface area (Å²) in [5.41, 5.74) is 12.9. The van der Waals surface area contributed by atoms with Gasteiger partial charge in [0.25, 0.3) is 5.91 Å². The molecule has 9 N–H and O–H groups in total. The molecule has 2 aromatic carbocycles. The summed E-state index contributed by atoms with van der Waals surface area (Å²) in [5.74, 6) is -5.14. The van der Waals surface area contributed by atoms with Crippen molar-refractivity contribution in [1.29, 1.82) is 0 Å². The average molecular weight is 1300 g/mol. The molecule has 2 aliphatic rings. The normalized spacial score (nSPS) is 18.0. The highest BCUT2D eigenvalue weighted by Crippen LogP contribution is 2.32. The van der Waals surface area contributed by atoms with Crippen molar-refractivity contribution in [2.24, 2.45) is 41.1 Å². The number of nitrogens with one attached hydrogen (secondary N) is 5. The SMILES string of the molecule is CC[C@H](C)[C@@H]([C@@H](CC(=O)N1CCC[C@H]1[C@H](OC)[C@@H](C)C(=O)N[C@@H](Cc1ccccc1)c1nccs1)OC)N(C)C(=O)[C@@H](NC(=O)[C@H](C(C)C)N(C)C(=O)OC(C(=O)N1CCN(C)CC1)c1ccc(NC(=O)C(CCCNC(N)=O)NC(=O)[C@@H](N)C(C)C)cc1)C(C)C. The van der Waals surface area contributed by atoms with Crippen LogP contribution in [0.4, 0.5) is 15.3 Å². The summed E-state index contributed by atoms with van der Waals surface area (Å²) in [6, 6.07) is 9.64. The first kappa shape index (κ1) is 75.5. The van der Waals surface area contributed by atoms with E-state index in [1.807, 2.05) is 63.5 Å². The van der Waals surface area contributed by atoms with Crippen LogP contribution in [-0.2, 0) is 54.2 Å². The Morgan fingerprint density at radius 1 is 0.772 bits per heavy atom. The number of likely N-dealkylation sites (tertiary alicyclic amines) is 1. The second kappa shape index (κ2) is 36.3. The van der Waals surface area contributed by atoms with Gasteiger partial charge in [0.05, 0.1) is 48.7 Å². The molecule has 1 aromatic heterocycles. The van der Waals surface area contributed by atoms with E-state index in [-0.39, 0.29) is 54.6 Å². The van der Waals surface area contributed by atoms with Crippen LogP contribution in [0.1, 0.15) is 129 Å². The van der Waals surface area contributed by atoms with Crippen LogP contribution in [-0.4, -0.2) is 206 Å². The number of nitrogens with zero attached hydrogens (tertiary/aromatic N) is 6. The first-order valence-corrected chi connectivity index (χ1v) is 33.1. The third-order valence-corrected chi connectivity index (χ3v) is 18.7. The maximum atomic E-state index is 15.0. The molecule has 25 nitrogen and oxygen atoms in total. The van der Waals surface area contributed by atoms with E-state index >= 15 is 4.79 Å². The number of primary amides is 1. The molecule has 10 amide bonds. The van der Waals surface area contributed by atoms with Crippen molar-refractivity contribution in [2.45, 2.75) is 168 Å². The Morgan fingerprint density at radius 2 is 1.43 bits per heavy atom. The Labute approximate surface area is 547 Å². The van der Waals surface area contributed by atoms with Crippen molar-refractivity contribution in [2.75, 3.05) is 79.9 Å². The minimum absolute atomic E-state index is 0.0874. The molecule has 2 saturated heterocycles. The van der Waals surface area contributed by atoms with Gasteiger partial charge >= 0.3 is 12.1 Å². The second-order valence-corrected chi connectivity index (χ2v) is 26.4. The molecule has 3 aromatic rings. The number of likely N-dealkylation sites (N-methyl/N-ethyl adjacent to an activating group) is 3. The highest BCUT2D eigenvalue weighted by molar-refractivity contribution is 7.09. The number of carbonyl (C=O) groups excluding carboxylic acids is 9. The molecule has 26 heteroatoms. The number of thiazole rings is 1. The fourth-order valence-corrected chi connectivity index (χ4v) is 12.7. The molecule has 2 unspecified atom stereocenters. The quantitative estimate of drug-likeness (QED) is 0.0392.